The Morgan fingerprint density at radius 2 is 2.21 bits per heavy atom. The molecule has 0 aliphatic heterocycles. The van der Waals surface area contributed by atoms with Crippen molar-refractivity contribution in [3.63, 3.8) is 0 Å². The normalized spacial score (nSPS) is 18.6. The molecular weight excluding hydrogens is 260 g/mol. The first-order valence-corrected chi connectivity index (χ1v) is 8.24. The quantitative estimate of drug-likeness (QED) is 0.783. The van der Waals surface area contributed by atoms with Gasteiger partial charge in [0.2, 0.25) is 0 Å². The van der Waals surface area contributed by atoms with Crippen LogP contribution in [0.4, 0.5) is 0 Å². The highest BCUT2D eigenvalue weighted by atomic mass is 32.2. The number of hydrogen-bond acceptors (Lipinski definition) is 4. The molecule has 1 aromatic heterocycles. The van der Waals surface area contributed by atoms with Gasteiger partial charge in [-0.05, 0) is 25.2 Å². The minimum absolute atomic E-state index is 0.115. The highest BCUT2D eigenvalue weighted by Gasteiger charge is 2.21. The van der Waals surface area contributed by atoms with Crippen molar-refractivity contribution in [1.29, 1.82) is 0 Å². The summed E-state index contributed by atoms with van der Waals surface area (Å²) in [6.45, 7) is 2.78. The second-order valence-electron chi connectivity index (χ2n) is 5.34. The lowest BCUT2D eigenvalue weighted by Crippen LogP contribution is -2.34. The van der Waals surface area contributed by atoms with E-state index in [2.05, 4.69) is 17.1 Å². The largest absolute Gasteiger partial charge is 0.343 e. The fraction of sp³-hybridized carbons (Fsp3) is 0.846. The summed E-state index contributed by atoms with van der Waals surface area (Å²) in [5.74, 6) is 1.49. The highest BCUT2D eigenvalue weighted by Crippen LogP contribution is 2.28. The van der Waals surface area contributed by atoms with Gasteiger partial charge in [0.1, 0.15) is 0 Å². The molecule has 1 aliphatic rings. The predicted octanol–water partition coefficient (Wildman–Crippen LogP) is 1.98. The molecule has 0 bridgehead atoms. The molecule has 108 valence electrons. The molecule has 5 nitrogen and oxygen atoms in total. The molecule has 1 fully saturated rings. The zero-order valence-corrected chi connectivity index (χ0v) is 12.4. The van der Waals surface area contributed by atoms with Crippen LogP contribution in [-0.4, -0.2) is 26.6 Å². The van der Waals surface area contributed by atoms with Crippen LogP contribution in [0, 0.1) is 5.92 Å². The van der Waals surface area contributed by atoms with Gasteiger partial charge in [0.25, 0.3) is 0 Å². The van der Waals surface area contributed by atoms with Gasteiger partial charge in [-0.3, -0.25) is 4.57 Å². The van der Waals surface area contributed by atoms with E-state index in [-0.39, 0.29) is 11.7 Å². The summed E-state index contributed by atoms with van der Waals surface area (Å²) in [4.78, 5) is 11.6. The van der Waals surface area contributed by atoms with Gasteiger partial charge in [0.05, 0.1) is 0 Å². The smallest absolute Gasteiger partial charge is 0.327 e. The summed E-state index contributed by atoms with van der Waals surface area (Å²) in [5, 5.41) is 7.38. The average molecular weight is 284 g/mol. The average Bonchev–Trinajstić information content (AvgIpc) is 2.79. The van der Waals surface area contributed by atoms with E-state index in [0.29, 0.717) is 5.92 Å². The fourth-order valence-electron chi connectivity index (χ4n) is 2.70. The zero-order valence-electron chi connectivity index (χ0n) is 11.6. The molecule has 3 N–H and O–H groups in total. The van der Waals surface area contributed by atoms with Crippen molar-refractivity contribution in [3.05, 3.63) is 10.5 Å². The molecule has 1 heterocycles. The van der Waals surface area contributed by atoms with Crippen LogP contribution in [0.15, 0.2) is 9.95 Å². The molecule has 0 spiro atoms. The number of aromatic nitrogens is 3. The number of nitrogens with one attached hydrogen (secondary N) is 1. The van der Waals surface area contributed by atoms with Gasteiger partial charge in [0.15, 0.2) is 5.16 Å². The Kier molecular flexibility index (Phi) is 5.51. The Balaban J connectivity index is 1.89. The third kappa shape index (κ3) is 3.86. The van der Waals surface area contributed by atoms with Crippen LogP contribution < -0.4 is 11.4 Å². The number of H-pyrrole nitrogens is 1. The van der Waals surface area contributed by atoms with E-state index in [0.717, 1.165) is 23.9 Å². The van der Waals surface area contributed by atoms with Crippen LogP contribution in [-0.2, 0) is 6.54 Å². The van der Waals surface area contributed by atoms with Crippen molar-refractivity contribution < 1.29 is 0 Å². The highest BCUT2D eigenvalue weighted by molar-refractivity contribution is 7.99. The van der Waals surface area contributed by atoms with Gasteiger partial charge in [-0.25, -0.2) is 9.89 Å². The van der Waals surface area contributed by atoms with E-state index in [9.17, 15) is 4.79 Å². The number of nitrogens with zero attached hydrogens (tertiary/aromatic N) is 2. The van der Waals surface area contributed by atoms with E-state index in [1.54, 1.807) is 16.3 Å². The zero-order chi connectivity index (χ0) is 13.7. The van der Waals surface area contributed by atoms with Crippen LogP contribution in [0.25, 0.3) is 0 Å². The topological polar surface area (TPSA) is 76.7 Å². The Labute approximate surface area is 118 Å². The Morgan fingerprint density at radius 3 is 2.89 bits per heavy atom. The first-order chi connectivity index (χ1) is 9.22. The Bertz CT molecular complexity index is 436. The second kappa shape index (κ2) is 7.14. The van der Waals surface area contributed by atoms with Crippen molar-refractivity contribution in [2.24, 2.45) is 11.7 Å². The Morgan fingerprint density at radius 1 is 1.47 bits per heavy atom. The molecule has 0 aromatic carbocycles. The molecule has 6 heteroatoms. The number of aromatic amines is 1. The lowest BCUT2D eigenvalue weighted by molar-refractivity contribution is 0.319. The van der Waals surface area contributed by atoms with Gasteiger partial charge in [-0.1, -0.05) is 37.9 Å². The first kappa shape index (κ1) is 14.7. The number of nitrogens with two attached hydrogens (primary N) is 1. The fourth-order valence-corrected chi connectivity index (χ4v) is 3.76. The van der Waals surface area contributed by atoms with Crippen LogP contribution in [0.5, 0.6) is 0 Å². The lowest BCUT2D eigenvalue weighted by atomic mass is 9.85. The molecule has 2 rings (SSSR count). The van der Waals surface area contributed by atoms with Crippen LogP contribution >= 0.6 is 11.8 Å². The lowest BCUT2D eigenvalue weighted by Gasteiger charge is -2.27. The number of thioether (sulfide) groups is 1. The summed E-state index contributed by atoms with van der Waals surface area (Å²) in [6.07, 6.45) is 7.42. The second-order valence-corrected chi connectivity index (χ2v) is 6.32. The summed E-state index contributed by atoms with van der Waals surface area (Å²) in [7, 11) is 0. The van der Waals surface area contributed by atoms with E-state index in [4.69, 9.17) is 5.73 Å². The summed E-state index contributed by atoms with van der Waals surface area (Å²) in [5.41, 5.74) is 6.17. The van der Waals surface area contributed by atoms with Gasteiger partial charge < -0.3 is 5.73 Å². The van der Waals surface area contributed by atoms with E-state index in [1.165, 1.54) is 32.1 Å². The SMILES string of the molecule is CCCn1c(SCC(N)C2CCCCC2)n[nH]c1=O. The predicted molar refractivity (Wildman–Crippen MR) is 78.4 cm³/mol. The molecule has 0 radical (unpaired) electrons. The van der Waals surface area contributed by atoms with Gasteiger partial charge >= 0.3 is 5.69 Å². The number of rotatable bonds is 6. The molecule has 0 amide bonds. The van der Waals surface area contributed by atoms with E-state index in [1.807, 2.05) is 0 Å². The maximum Gasteiger partial charge on any atom is 0.343 e. The van der Waals surface area contributed by atoms with Crippen LogP contribution in [0.2, 0.25) is 0 Å². The van der Waals surface area contributed by atoms with Gasteiger partial charge in [0, 0.05) is 18.3 Å². The van der Waals surface area contributed by atoms with Crippen molar-refractivity contribution >= 4 is 11.8 Å². The van der Waals surface area contributed by atoms with Crippen molar-refractivity contribution in [3.8, 4) is 0 Å². The molecular formula is C13H24N4OS. The molecule has 19 heavy (non-hydrogen) atoms. The van der Waals surface area contributed by atoms with Crippen LogP contribution in [0.1, 0.15) is 45.4 Å². The molecule has 1 unspecified atom stereocenters. The minimum atomic E-state index is -0.115. The molecule has 1 aromatic rings. The van der Waals surface area contributed by atoms with E-state index >= 15 is 0 Å². The van der Waals surface area contributed by atoms with Crippen molar-refractivity contribution in [1.82, 2.24) is 14.8 Å². The first-order valence-electron chi connectivity index (χ1n) is 7.26. The van der Waals surface area contributed by atoms with Gasteiger partial charge in [-0.2, -0.15) is 0 Å². The van der Waals surface area contributed by atoms with E-state index < -0.39 is 0 Å². The molecule has 1 atom stereocenters. The summed E-state index contributed by atoms with van der Waals surface area (Å²) < 4.78 is 1.71. The maximum absolute atomic E-state index is 11.6. The van der Waals surface area contributed by atoms with Gasteiger partial charge in [-0.15, -0.1) is 5.10 Å². The molecule has 1 aliphatic carbocycles. The number of hydrogen-bond donors (Lipinski definition) is 2. The summed E-state index contributed by atoms with van der Waals surface area (Å²) in [6, 6.07) is 0.215. The third-order valence-electron chi connectivity index (χ3n) is 3.83. The standard InChI is InChI=1S/C13H24N4OS/c1-2-8-17-12(18)15-16-13(17)19-9-11(14)10-6-4-3-5-7-10/h10-11H,2-9,14H2,1H3,(H,15,18). The Hall–Kier alpha value is -0.750. The monoisotopic (exact) mass is 284 g/mol. The maximum atomic E-state index is 11.6. The molecule has 1 saturated carbocycles. The third-order valence-corrected chi connectivity index (χ3v) is 4.95. The molecule has 0 saturated heterocycles. The summed E-state index contributed by atoms with van der Waals surface area (Å²) >= 11 is 1.61. The minimum Gasteiger partial charge on any atom is -0.327 e. The van der Waals surface area contributed by atoms with Crippen molar-refractivity contribution in [2.75, 3.05) is 5.75 Å². The van der Waals surface area contributed by atoms with Crippen LogP contribution in [0.3, 0.4) is 0 Å². The van der Waals surface area contributed by atoms with Crippen molar-refractivity contribution in [2.45, 2.75) is 63.2 Å².